The van der Waals surface area contributed by atoms with Crippen LogP contribution in [0.25, 0.3) is 0 Å². The molecule has 0 bridgehead atoms. The Bertz CT molecular complexity index is 721. The molecule has 7 nitrogen and oxygen atoms in total. The molecular weight excluding hydrogens is 330 g/mol. The highest BCUT2D eigenvalue weighted by molar-refractivity contribution is 7.89. The highest BCUT2D eigenvalue weighted by Crippen LogP contribution is 2.30. The van der Waals surface area contributed by atoms with Crippen LogP contribution in [0.4, 0.5) is 5.69 Å². The second-order valence-electron chi connectivity index (χ2n) is 7.09. The lowest BCUT2D eigenvalue weighted by Crippen LogP contribution is -2.45. The molecule has 1 fully saturated rings. The van der Waals surface area contributed by atoms with Crippen molar-refractivity contribution in [3.8, 4) is 5.75 Å². The summed E-state index contributed by atoms with van der Waals surface area (Å²) in [5, 5.41) is 2.67. The number of ether oxygens (including phenoxy) is 1. The summed E-state index contributed by atoms with van der Waals surface area (Å²) in [5.41, 5.74) is 5.88. The van der Waals surface area contributed by atoms with Gasteiger partial charge in [-0.3, -0.25) is 4.79 Å². The van der Waals surface area contributed by atoms with Crippen molar-refractivity contribution in [2.45, 2.75) is 50.6 Å². The van der Waals surface area contributed by atoms with Crippen LogP contribution < -0.4 is 20.5 Å². The summed E-state index contributed by atoms with van der Waals surface area (Å²) >= 11 is 0. The molecule has 1 aliphatic carbocycles. The molecule has 0 heterocycles. The molecule has 1 aromatic carbocycles. The van der Waals surface area contributed by atoms with Gasteiger partial charge < -0.3 is 15.8 Å². The van der Waals surface area contributed by atoms with E-state index in [2.05, 4.69) is 10.0 Å². The molecule has 134 valence electrons. The van der Waals surface area contributed by atoms with Gasteiger partial charge in [0, 0.05) is 11.7 Å². The number of nitrogens with two attached hydrogens (primary N) is 1. The second kappa shape index (κ2) is 6.70. The molecule has 24 heavy (non-hydrogen) atoms. The summed E-state index contributed by atoms with van der Waals surface area (Å²) in [5.74, 6) is -0.146. The predicted molar refractivity (Wildman–Crippen MR) is 92.4 cm³/mol. The maximum absolute atomic E-state index is 12.5. The van der Waals surface area contributed by atoms with Crippen molar-refractivity contribution >= 4 is 21.6 Å². The van der Waals surface area contributed by atoms with Crippen LogP contribution in [0.15, 0.2) is 23.1 Å². The van der Waals surface area contributed by atoms with Crippen LogP contribution >= 0.6 is 0 Å². The predicted octanol–water partition coefficient (Wildman–Crippen LogP) is 1.45. The topological polar surface area (TPSA) is 111 Å². The first-order valence-electron chi connectivity index (χ1n) is 7.81. The Morgan fingerprint density at radius 3 is 2.46 bits per heavy atom. The average molecular weight is 355 g/mol. The maximum Gasteiger partial charge on any atom is 0.244 e. The molecule has 0 unspecified atom stereocenters. The Hall–Kier alpha value is -1.64. The fourth-order valence-electron chi connectivity index (χ4n) is 2.06. The Balaban J connectivity index is 2.26. The summed E-state index contributed by atoms with van der Waals surface area (Å²) in [7, 11) is -2.30. The molecule has 0 radical (unpaired) electrons. The van der Waals surface area contributed by atoms with E-state index in [1.807, 2.05) is 20.8 Å². The van der Waals surface area contributed by atoms with Crippen molar-refractivity contribution in [1.82, 2.24) is 4.72 Å². The fraction of sp³-hybridized carbons (Fsp3) is 0.562. The van der Waals surface area contributed by atoms with E-state index in [0.717, 1.165) is 12.8 Å². The first-order chi connectivity index (χ1) is 11.0. The lowest BCUT2D eigenvalue weighted by atomic mass is 9.87. The summed E-state index contributed by atoms with van der Waals surface area (Å²) < 4.78 is 32.7. The van der Waals surface area contributed by atoms with Gasteiger partial charge in [-0.05, 0) is 36.5 Å². The van der Waals surface area contributed by atoms with Crippen LogP contribution in [0.1, 0.15) is 33.6 Å². The average Bonchev–Trinajstić information content (AvgIpc) is 3.28. The zero-order valence-corrected chi connectivity index (χ0v) is 15.2. The van der Waals surface area contributed by atoms with Gasteiger partial charge in [-0.2, -0.15) is 0 Å². The number of nitrogens with one attached hydrogen (secondary N) is 2. The molecule has 0 spiro atoms. The molecule has 0 aliphatic heterocycles. The lowest BCUT2D eigenvalue weighted by Gasteiger charge is -2.26. The Morgan fingerprint density at radius 2 is 1.96 bits per heavy atom. The molecule has 4 N–H and O–H groups in total. The molecule has 8 heteroatoms. The molecule has 0 saturated heterocycles. The highest BCUT2D eigenvalue weighted by Gasteiger charge is 2.31. The van der Waals surface area contributed by atoms with Crippen LogP contribution in [0.2, 0.25) is 0 Å². The number of methoxy groups -OCH3 is 1. The number of hydrogen-bond donors (Lipinski definition) is 3. The van der Waals surface area contributed by atoms with Gasteiger partial charge in [0.2, 0.25) is 15.9 Å². The summed E-state index contributed by atoms with van der Waals surface area (Å²) in [6.07, 6.45) is 1.66. The molecule has 0 aromatic heterocycles. The van der Waals surface area contributed by atoms with E-state index in [1.54, 1.807) is 6.07 Å². The largest absolute Gasteiger partial charge is 0.495 e. The smallest absolute Gasteiger partial charge is 0.244 e. The van der Waals surface area contributed by atoms with Gasteiger partial charge in [0.25, 0.3) is 0 Å². The van der Waals surface area contributed by atoms with Crippen molar-refractivity contribution in [2.75, 3.05) is 12.4 Å². The minimum Gasteiger partial charge on any atom is -0.495 e. The molecule has 1 amide bonds. The number of amides is 1. The summed E-state index contributed by atoms with van der Waals surface area (Å²) in [6.45, 7) is 5.59. The van der Waals surface area contributed by atoms with Crippen molar-refractivity contribution in [2.24, 2.45) is 11.1 Å². The summed E-state index contributed by atoms with van der Waals surface area (Å²) in [4.78, 5) is 12.2. The Kier molecular flexibility index (Phi) is 5.22. The molecule has 1 atom stereocenters. The van der Waals surface area contributed by atoms with Crippen LogP contribution in [0, 0.1) is 5.41 Å². The highest BCUT2D eigenvalue weighted by atomic mass is 32.2. The number of carbonyl (C=O) groups is 1. The maximum atomic E-state index is 12.5. The zero-order chi connectivity index (χ0) is 18.1. The molecule has 1 aliphatic rings. The monoisotopic (exact) mass is 355 g/mol. The van der Waals surface area contributed by atoms with E-state index in [-0.39, 0.29) is 22.6 Å². The third-order valence-corrected chi connectivity index (χ3v) is 5.38. The zero-order valence-electron chi connectivity index (χ0n) is 14.4. The molecule has 1 saturated carbocycles. The van der Waals surface area contributed by atoms with E-state index < -0.39 is 21.5 Å². The van der Waals surface area contributed by atoms with Gasteiger partial charge in [0.1, 0.15) is 10.6 Å². The van der Waals surface area contributed by atoms with Gasteiger partial charge >= 0.3 is 0 Å². The van der Waals surface area contributed by atoms with Gasteiger partial charge in [-0.25, -0.2) is 13.1 Å². The number of rotatable bonds is 6. The molecular formula is C16H25N3O4S. The van der Waals surface area contributed by atoms with E-state index in [9.17, 15) is 13.2 Å². The van der Waals surface area contributed by atoms with E-state index in [4.69, 9.17) is 10.5 Å². The summed E-state index contributed by atoms with van der Waals surface area (Å²) in [6, 6.07) is 3.75. The second-order valence-corrected chi connectivity index (χ2v) is 8.78. The lowest BCUT2D eigenvalue weighted by molar-refractivity contribution is -0.119. The first kappa shape index (κ1) is 18.7. The Morgan fingerprint density at radius 1 is 1.33 bits per heavy atom. The van der Waals surface area contributed by atoms with E-state index in [0.29, 0.717) is 5.69 Å². The quantitative estimate of drug-likeness (QED) is 0.715. The fourth-order valence-corrected chi connectivity index (χ4v) is 3.56. The number of sulfonamides is 1. The third kappa shape index (κ3) is 4.46. The van der Waals surface area contributed by atoms with E-state index >= 15 is 0 Å². The minimum absolute atomic E-state index is 0.000898. The van der Waals surface area contributed by atoms with Crippen LogP contribution in [0.3, 0.4) is 0 Å². The first-order valence-corrected chi connectivity index (χ1v) is 9.30. The standard InChI is InChI=1S/C16H25N3O4S/c1-16(2,3)14(17)15(20)18-11-7-8-12(23-4)13(9-11)24(21,22)19-10-5-6-10/h7-10,14,19H,5-6,17H2,1-4H3,(H,18,20)/t14-/m1/s1. The van der Waals surface area contributed by atoms with Crippen molar-refractivity contribution in [3.05, 3.63) is 18.2 Å². The van der Waals surface area contributed by atoms with Gasteiger partial charge in [0.05, 0.1) is 13.2 Å². The van der Waals surface area contributed by atoms with Crippen LogP contribution in [0.5, 0.6) is 5.75 Å². The van der Waals surface area contributed by atoms with Crippen molar-refractivity contribution < 1.29 is 17.9 Å². The van der Waals surface area contributed by atoms with Crippen LogP contribution in [-0.4, -0.2) is 33.5 Å². The minimum atomic E-state index is -3.70. The number of benzene rings is 1. The Labute approximate surface area is 143 Å². The number of hydrogen-bond acceptors (Lipinski definition) is 5. The van der Waals surface area contributed by atoms with Gasteiger partial charge in [0.15, 0.2) is 0 Å². The van der Waals surface area contributed by atoms with Gasteiger partial charge in [-0.1, -0.05) is 20.8 Å². The SMILES string of the molecule is COc1ccc(NC(=O)[C@@H](N)C(C)(C)C)cc1S(=O)(=O)NC1CC1. The normalized spacial score (nSPS) is 16.5. The van der Waals surface area contributed by atoms with Gasteiger partial charge in [-0.15, -0.1) is 0 Å². The van der Waals surface area contributed by atoms with Crippen LogP contribution in [-0.2, 0) is 14.8 Å². The number of carbonyl (C=O) groups excluding carboxylic acids is 1. The van der Waals surface area contributed by atoms with Crippen molar-refractivity contribution in [3.63, 3.8) is 0 Å². The molecule has 2 rings (SSSR count). The third-order valence-electron chi connectivity index (χ3n) is 3.84. The number of anilines is 1. The van der Waals surface area contributed by atoms with E-state index in [1.165, 1.54) is 19.2 Å². The van der Waals surface area contributed by atoms with Crippen molar-refractivity contribution in [1.29, 1.82) is 0 Å². The molecule has 1 aromatic rings.